The van der Waals surface area contributed by atoms with Gasteiger partial charge in [0.25, 0.3) is 5.91 Å². The third kappa shape index (κ3) is 5.58. The summed E-state index contributed by atoms with van der Waals surface area (Å²) in [7, 11) is -3.83. The van der Waals surface area contributed by atoms with Gasteiger partial charge < -0.3 is 10.1 Å². The molecule has 1 amide bonds. The number of ether oxygens (including phenoxy) is 1. The average molecular weight is 419 g/mol. The Balaban J connectivity index is 2.46. The molecular weight excluding hydrogens is 388 g/mol. The van der Waals surface area contributed by atoms with Crippen LogP contribution in [0.15, 0.2) is 41.3 Å². The molecule has 0 aliphatic heterocycles. The minimum atomic E-state index is -3.83. The van der Waals surface area contributed by atoms with Gasteiger partial charge in [-0.05, 0) is 62.9 Å². The highest BCUT2D eigenvalue weighted by Gasteiger charge is 2.23. The van der Waals surface area contributed by atoms with Crippen molar-refractivity contribution in [2.75, 3.05) is 11.9 Å². The average Bonchev–Trinajstić information content (AvgIpc) is 2.62. The first-order valence-corrected chi connectivity index (χ1v) is 11.2. The van der Waals surface area contributed by atoms with Crippen LogP contribution in [-0.2, 0) is 10.0 Å². The van der Waals surface area contributed by atoms with Crippen molar-refractivity contribution in [2.24, 2.45) is 0 Å². The van der Waals surface area contributed by atoms with E-state index in [1.807, 2.05) is 25.1 Å². The number of carbonyl (C=O) groups is 1. The smallest absolute Gasteiger partial charge is 0.255 e. The van der Waals surface area contributed by atoms with Gasteiger partial charge in [0.1, 0.15) is 10.6 Å². The van der Waals surface area contributed by atoms with Crippen LogP contribution in [0.4, 0.5) is 5.69 Å². The van der Waals surface area contributed by atoms with Crippen LogP contribution in [0.3, 0.4) is 0 Å². The van der Waals surface area contributed by atoms with E-state index in [1.165, 1.54) is 12.1 Å². The highest BCUT2D eigenvalue weighted by molar-refractivity contribution is 7.89. The fourth-order valence-electron chi connectivity index (χ4n) is 3.04. The summed E-state index contributed by atoms with van der Waals surface area (Å²) >= 11 is 0. The van der Waals surface area contributed by atoms with E-state index in [-0.39, 0.29) is 34.1 Å². The predicted molar refractivity (Wildman–Crippen MR) is 116 cm³/mol. The van der Waals surface area contributed by atoms with Crippen LogP contribution in [0.5, 0.6) is 5.75 Å². The number of sulfonamides is 1. The number of para-hydroxylation sites is 1. The van der Waals surface area contributed by atoms with Gasteiger partial charge in [-0.2, -0.15) is 0 Å². The van der Waals surface area contributed by atoms with Crippen LogP contribution < -0.4 is 14.8 Å². The summed E-state index contributed by atoms with van der Waals surface area (Å²) < 4.78 is 33.5. The molecule has 2 aromatic rings. The van der Waals surface area contributed by atoms with Crippen LogP contribution in [0, 0.1) is 6.92 Å². The number of rotatable bonds is 8. The van der Waals surface area contributed by atoms with Crippen LogP contribution in [0.2, 0.25) is 0 Å². The standard InChI is InChI=1S/C22H30N2O4S/c1-7-28-19-12-11-17(13-20(19)29(26,27)24-15(4)5)22(25)23-21-16(6)9-8-10-18(21)14(2)3/h8-15,24H,7H2,1-6H3,(H,23,25). The molecule has 7 heteroatoms. The van der Waals surface area contributed by atoms with Gasteiger partial charge in [-0.3, -0.25) is 4.79 Å². The molecule has 0 fully saturated rings. The van der Waals surface area contributed by atoms with Crippen LogP contribution >= 0.6 is 0 Å². The maximum atomic E-state index is 12.9. The SMILES string of the molecule is CCOc1ccc(C(=O)Nc2c(C)cccc2C(C)C)cc1S(=O)(=O)NC(C)C. The van der Waals surface area contributed by atoms with Crippen molar-refractivity contribution in [1.29, 1.82) is 0 Å². The lowest BCUT2D eigenvalue weighted by Gasteiger charge is -2.18. The third-order valence-electron chi connectivity index (χ3n) is 4.35. The summed E-state index contributed by atoms with van der Waals surface area (Å²) in [4.78, 5) is 12.9. The van der Waals surface area contributed by atoms with Gasteiger partial charge in [-0.15, -0.1) is 0 Å². The summed E-state index contributed by atoms with van der Waals surface area (Å²) in [6.07, 6.45) is 0. The first-order valence-electron chi connectivity index (χ1n) is 9.76. The normalized spacial score (nSPS) is 11.7. The second-order valence-electron chi connectivity index (χ2n) is 7.52. The molecule has 0 saturated carbocycles. The Bertz CT molecular complexity index is 982. The zero-order chi connectivity index (χ0) is 21.8. The molecule has 0 aromatic heterocycles. The number of amides is 1. The summed E-state index contributed by atoms with van der Waals surface area (Å²) in [6.45, 7) is 11.6. The fourth-order valence-corrected chi connectivity index (χ4v) is 4.46. The maximum absolute atomic E-state index is 12.9. The fraction of sp³-hybridized carbons (Fsp3) is 0.409. The lowest BCUT2D eigenvalue weighted by atomic mass is 9.98. The zero-order valence-electron chi connectivity index (χ0n) is 17.9. The molecule has 0 spiro atoms. The van der Waals surface area contributed by atoms with Gasteiger partial charge in [-0.1, -0.05) is 32.0 Å². The Hall–Kier alpha value is -2.38. The Morgan fingerprint density at radius 2 is 1.79 bits per heavy atom. The second kappa shape index (κ2) is 9.41. The van der Waals surface area contributed by atoms with E-state index in [1.54, 1.807) is 26.8 Å². The van der Waals surface area contributed by atoms with Crippen molar-refractivity contribution in [2.45, 2.75) is 58.4 Å². The molecule has 29 heavy (non-hydrogen) atoms. The van der Waals surface area contributed by atoms with E-state index in [9.17, 15) is 13.2 Å². The number of anilines is 1. The minimum absolute atomic E-state index is 0.0467. The second-order valence-corrected chi connectivity index (χ2v) is 9.20. The largest absolute Gasteiger partial charge is 0.492 e. The van der Waals surface area contributed by atoms with Crippen LogP contribution in [-0.4, -0.2) is 27.0 Å². The molecular formula is C22H30N2O4S. The van der Waals surface area contributed by atoms with Crippen LogP contribution in [0.1, 0.15) is 62.0 Å². The highest BCUT2D eigenvalue weighted by Crippen LogP contribution is 2.29. The molecule has 2 N–H and O–H groups in total. The molecule has 0 unspecified atom stereocenters. The minimum Gasteiger partial charge on any atom is -0.492 e. The lowest BCUT2D eigenvalue weighted by Crippen LogP contribution is -2.30. The summed E-state index contributed by atoms with van der Waals surface area (Å²) in [5.41, 5.74) is 2.98. The third-order valence-corrected chi connectivity index (χ3v) is 6.03. The number of benzene rings is 2. The Morgan fingerprint density at radius 1 is 1.10 bits per heavy atom. The maximum Gasteiger partial charge on any atom is 0.255 e. The molecule has 0 aliphatic rings. The topological polar surface area (TPSA) is 84.5 Å². The molecule has 0 aliphatic carbocycles. The first kappa shape index (κ1) is 22.9. The van der Waals surface area contributed by atoms with Crippen molar-refractivity contribution in [3.63, 3.8) is 0 Å². The number of hydrogen-bond acceptors (Lipinski definition) is 4. The van der Waals surface area contributed by atoms with E-state index >= 15 is 0 Å². The van der Waals surface area contributed by atoms with E-state index < -0.39 is 10.0 Å². The van der Waals surface area contributed by atoms with Gasteiger partial charge in [0.15, 0.2) is 0 Å². The molecule has 0 bridgehead atoms. The summed E-state index contributed by atoms with van der Waals surface area (Å²) in [6, 6.07) is 10.0. The molecule has 0 heterocycles. The number of nitrogens with one attached hydrogen (secondary N) is 2. The van der Waals surface area contributed by atoms with Gasteiger partial charge in [-0.25, -0.2) is 13.1 Å². The Kier molecular flexibility index (Phi) is 7.43. The zero-order valence-corrected chi connectivity index (χ0v) is 18.7. The molecule has 158 valence electrons. The predicted octanol–water partition coefficient (Wildman–Crippen LogP) is 4.46. The van der Waals surface area contributed by atoms with E-state index in [0.717, 1.165) is 16.8 Å². The Labute approximate surface area is 173 Å². The summed E-state index contributed by atoms with van der Waals surface area (Å²) in [5, 5.41) is 2.95. The molecule has 2 rings (SSSR count). The molecule has 0 atom stereocenters. The van der Waals surface area contributed by atoms with Gasteiger partial charge in [0.05, 0.1) is 6.61 Å². The first-order chi connectivity index (χ1) is 13.6. The number of aryl methyl sites for hydroxylation is 1. The van der Waals surface area contributed by atoms with Crippen molar-refractivity contribution < 1.29 is 17.9 Å². The van der Waals surface area contributed by atoms with Crippen molar-refractivity contribution in [3.05, 3.63) is 53.1 Å². The monoisotopic (exact) mass is 418 g/mol. The quantitative estimate of drug-likeness (QED) is 0.663. The van der Waals surface area contributed by atoms with Crippen molar-refractivity contribution in [3.8, 4) is 5.75 Å². The molecule has 0 saturated heterocycles. The van der Waals surface area contributed by atoms with E-state index in [4.69, 9.17) is 4.74 Å². The lowest BCUT2D eigenvalue weighted by molar-refractivity contribution is 0.102. The Morgan fingerprint density at radius 3 is 2.38 bits per heavy atom. The number of carbonyl (C=O) groups excluding carboxylic acids is 1. The highest BCUT2D eigenvalue weighted by atomic mass is 32.2. The van der Waals surface area contributed by atoms with Gasteiger partial charge >= 0.3 is 0 Å². The van der Waals surface area contributed by atoms with E-state index in [2.05, 4.69) is 23.9 Å². The molecule has 6 nitrogen and oxygen atoms in total. The van der Waals surface area contributed by atoms with Crippen LogP contribution in [0.25, 0.3) is 0 Å². The van der Waals surface area contributed by atoms with Gasteiger partial charge in [0, 0.05) is 17.3 Å². The number of hydrogen-bond donors (Lipinski definition) is 2. The summed E-state index contributed by atoms with van der Waals surface area (Å²) in [5.74, 6) is 0.0814. The molecule has 2 aromatic carbocycles. The van der Waals surface area contributed by atoms with Gasteiger partial charge in [0.2, 0.25) is 10.0 Å². The van der Waals surface area contributed by atoms with E-state index in [0.29, 0.717) is 6.61 Å². The van der Waals surface area contributed by atoms with Crippen molar-refractivity contribution >= 4 is 21.6 Å². The molecule has 0 radical (unpaired) electrons. The van der Waals surface area contributed by atoms with Crippen molar-refractivity contribution in [1.82, 2.24) is 4.72 Å².